The molecule has 1 saturated carbocycles. The minimum absolute atomic E-state index is 0.189. The maximum absolute atomic E-state index is 11.4. The van der Waals surface area contributed by atoms with Gasteiger partial charge in [-0.1, -0.05) is 12.8 Å². The van der Waals surface area contributed by atoms with E-state index in [1.165, 1.54) is 0 Å². The topological polar surface area (TPSA) is 54.4 Å². The van der Waals surface area contributed by atoms with E-state index >= 15 is 0 Å². The highest BCUT2D eigenvalue weighted by Crippen LogP contribution is 2.41. The normalized spacial score (nSPS) is 45.6. The van der Waals surface area contributed by atoms with E-state index in [4.69, 9.17) is 0 Å². The molecule has 0 amide bonds. The van der Waals surface area contributed by atoms with Crippen LogP contribution in [0.15, 0.2) is 0 Å². The molecule has 0 bridgehead atoms. The zero-order valence-electron chi connectivity index (χ0n) is 6.99. The van der Waals surface area contributed by atoms with Gasteiger partial charge in [0.25, 0.3) is 0 Å². The molecule has 70 valence electrons. The summed E-state index contributed by atoms with van der Waals surface area (Å²) in [6.45, 7) is 0. The molecule has 1 aliphatic heterocycles. The van der Waals surface area contributed by atoms with Gasteiger partial charge in [-0.2, -0.15) is 0 Å². The van der Waals surface area contributed by atoms with E-state index in [2.05, 4.69) is 0 Å². The summed E-state index contributed by atoms with van der Waals surface area (Å²) in [5.41, 5.74) is -0.864. The molecule has 0 spiro atoms. The maximum atomic E-state index is 11.4. The lowest BCUT2D eigenvalue weighted by Crippen LogP contribution is -2.42. The summed E-state index contributed by atoms with van der Waals surface area (Å²) in [5.74, 6) is 0.189. The summed E-state index contributed by atoms with van der Waals surface area (Å²) < 4.78 is 22.9. The van der Waals surface area contributed by atoms with Gasteiger partial charge in [0.05, 0.1) is 16.6 Å². The quantitative estimate of drug-likeness (QED) is 0.604. The summed E-state index contributed by atoms with van der Waals surface area (Å²) in [4.78, 5) is 0. The molecule has 0 aromatic rings. The van der Waals surface area contributed by atoms with Crippen LogP contribution in [-0.4, -0.2) is 30.1 Å². The Morgan fingerprint density at radius 1 is 1.25 bits per heavy atom. The van der Waals surface area contributed by atoms with Crippen molar-refractivity contribution in [2.45, 2.75) is 43.0 Å². The van der Waals surface area contributed by atoms with Crippen molar-refractivity contribution >= 4 is 9.84 Å². The van der Waals surface area contributed by atoms with Crippen molar-refractivity contribution in [3.8, 4) is 0 Å². The third-order valence-corrected chi connectivity index (χ3v) is 5.49. The average Bonchev–Trinajstić information content (AvgIpc) is 2.24. The molecule has 0 radical (unpaired) electrons. The highest BCUT2D eigenvalue weighted by Gasteiger charge is 2.51. The Bertz CT molecular complexity index is 283. The molecule has 1 N–H and O–H groups in total. The van der Waals surface area contributed by atoms with Gasteiger partial charge in [-0.05, 0) is 19.3 Å². The number of sulfone groups is 1. The monoisotopic (exact) mass is 190 g/mol. The van der Waals surface area contributed by atoms with Crippen molar-refractivity contribution in [3.05, 3.63) is 0 Å². The van der Waals surface area contributed by atoms with Crippen molar-refractivity contribution in [1.82, 2.24) is 0 Å². The number of rotatable bonds is 0. The van der Waals surface area contributed by atoms with Crippen LogP contribution in [0, 0.1) is 0 Å². The molecule has 0 aromatic carbocycles. The predicted octanol–water partition coefficient (Wildman–Crippen LogP) is 0.479. The van der Waals surface area contributed by atoms with E-state index in [0.29, 0.717) is 19.3 Å². The van der Waals surface area contributed by atoms with E-state index in [-0.39, 0.29) is 5.75 Å². The number of fused-ring (bicyclic) bond motifs is 1. The standard InChI is InChI=1S/C8H14O3S/c9-8-4-2-1-3-7(8)12(10,11)6-5-8/h7,9H,1-6H2/t7-,8+/m1/s1. The first-order chi connectivity index (χ1) is 5.55. The van der Waals surface area contributed by atoms with Crippen molar-refractivity contribution in [2.24, 2.45) is 0 Å². The van der Waals surface area contributed by atoms with Crippen LogP contribution in [-0.2, 0) is 9.84 Å². The van der Waals surface area contributed by atoms with E-state index < -0.39 is 20.7 Å². The molecule has 0 aromatic heterocycles. The van der Waals surface area contributed by atoms with Crippen LogP contribution in [0.3, 0.4) is 0 Å². The first-order valence-corrected chi connectivity index (χ1v) is 6.20. The summed E-state index contributed by atoms with van der Waals surface area (Å²) in [7, 11) is -2.96. The van der Waals surface area contributed by atoms with Crippen molar-refractivity contribution < 1.29 is 13.5 Å². The van der Waals surface area contributed by atoms with Crippen LogP contribution in [0.4, 0.5) is 0 Å². The summed E-state index contributed by atoms with van der Waals surface area (Å²) in [6.07, 6.45) is 3.73. The summed E-state index contributed by atoms with van der Waals surface area (Å²) in [6, 6.07) is 0. The molecule has 12 heavy (non-hydrogen) atoms. The van der Waals surface area contributed by atoms with E-state index in [1.807, 2.05) is 0 Å². The van der Waals surface area contributed by atoms with Crippen LogP contribution in [0.25, 0.3) is 0 Å². The maximum Gasteiger partial charge on any atom is 0.156 e. The van der Waals surface area contributed by atoms with Gasteiger partial charge in [0.15, 0.2) is 9.84 Å². The van der Waals surface area contributed by atoms with Gasteiger partial charge in [-0.3, -0.25) is 0 Å². The summed E-state index contributed by atoms with van der Waals surface area (Å²) >= 11 is 0. The molecule has 0 unspecified atom stereocenters. The second-order valence-electron chi connectivity index (χ2n) is 3.95. The lowest BCUT2D eigenvalue weighted by molar-refractivity contribution is 0.0141. The third-order valence-electron chi connectivity index (χ3n) is 3.18. The molecule has 2 rings (SSSR count). The van der Waals surface area contributed by atoms with E-state index in [1.54, 1.807) is 0 Å². The van der Waals surface area contributed by atoms with Gasteiger partial charge in [-0.25, -0.2) is 8.42 Å². The predicted molar refractivity (Wildman–Crippen MR) is 45.6 cm³/mol. The lowest BCUT2D eigenvalue weighted by Gasteiger charge is -2.32. The molecule has 2 aliphatic rings. The Kier molecular flexibility index (Phi) is 1.74. The van der Waals surface area contributed by atoms with Gasteiger partial charge in [0.1, 0.15) is 0 Å². The Balaban J connectivity index is 2.34. The zero-order valence-corrected chi connectivity index (χ0v) is 7.81. The number of aliphatic hydroxyl groups is 1. The molecule has 4 heteroatoms. The fraction of sp³-hybridized carbons (Fsp3) is 1.00. The average molecular weight is 190 g/mol. The third kappa shape index (κ3) is 1.09. The van der Waals surface area contributed by atoms with Gasteiger partial charge in [0.2, 0.25) is 0 Å². The highest BCUT2D eigenvalue weighted by atomic mass is 32.2. The number of hydrogen-bond donors (Lipinski definition) is 1. The van der Waals surface area contributed by atoms with Crippen LogP contribution >= 0.6 is 0 Å². The molecule has 2 fully saturated rings. The molecular formula is C8H14O3S. The molecule has 1 heterocycles. The highest BCUT2D eigenvalue weighted by molar-refractivity contribution is 7.92. The van der Waals surface area contributed by atoms with E-state index in [9.17, 15) is 13.5 Å². The Labute approximate surface area is 72.7 Å². The Morgan fingerprint density at radius 2 is 2.00 bits per heavy atom. The second-order valence-corrected chi connectivity index (χ2v) is 6.26. The smallest absolute Gasteiger partial charge is 0.156 e. The Morgan fingerprint density at radius 3 is 2.67 bits per heavy atom. The summed E-state index contributed by atoms with van der Waals surface area (Å²) in [5, 5.41) is 9.52. The fourth-order valence-electron chi connectivity index (χ4n) is 2.45. The van der Waals surface area contributed by atoms with E-state index in [0.717, 1.165) is 12.8 Å². The second kappa shape index (κ2) is 2.45. The first kappa shape index (κ1) is 8.51. The fourth-order valence-corrected chi connectivity index (χ4v) is 4.80. The zero-order chi connectivity index (χ0) is 8.82. The van der Waals surface area contributed by atoms with Crippen LogP contribution in [0.2, 0.25) is 0 Å². The lowest BCUT2D eigenvalue weighted by atomic mass is 9.83. The SMILES string of the molecule is O=S1(=O)CC[C@@]2(O)CCCC[C@H]21. The molecule has 3 nitrogen and oxygen atoms in total. The molecule has 2 atom stereocenters. The van der Waals surface area contributed by atoms with Gasteiger partial charge in [-0.15, -0.1) is 0 Å². The molecular weight excluding hydrogens is 176 g/mol. The molecule has 1 saturated heterocycles. The van der Waals surface area contributed by atoms with Gasteiger partial charge < -0.3 is 5.11 Å². The van der Waals surface area contributed by atoms with Crippen molar-refractivity contribution in [1.29, 1.82) is 0 Å². The van der Waals surface area contributed by atoms with Crippen molar-refractivity contribution in [2.75, 3.05) is 5.75 Å². The van der Waals surface area contributed by atoms with Gasteiger partial charge in [0, 0.05) is 0 Å². The van der Waals surface area contributed by atoms with Crippen LogP contribution in [0.5, 0.6) is 0 Å². The molecule has 1 aliphatic carbocycles. The van der Waals surface area contributed by atoms with Crippen LogP contribution < -0.4 is 0 Å². The Hall–Kier alpha value is -0.0900. The largest absolute Gasteiger partial charge is 0.389 e. The van der Waals surface area contributed by atoms with Crippen molar-refractivity contribution in [3.63, 3.8) is 0 Å². The minimum atomic E-state index is -2.96. The minimum Gasteiger partial charge on any atom is -0.389 e. The van der Waals surface area contributed by atoms with Gasteiger partial charge >= 0.3 is 0 Å². The number of hydrogen-bond acceptors (Lipinski definition) is 3. The van der Waals surface area contributed by atoms with Crippen LogP contribution in [0.1, 0.15) is 32.1 Å². The first-order valence-electron chi connectivity index (χ1n) is 4.49.